The number of H-pyrrole nitrogens is 1. The second-order valence-electron chi connectivity index (χ2n) is 6.06. The molecule has 1 aliphatic rings. The SMILES string of the molecule is Cc1cc(=O)[nH]c(CCNC(=O)CC[C@@H](C)N2CCCC2)n1. The van der Waals surface area contributed by atoms with Gasteiger partial charge >= 0.3 is 0 Å². The Morgan fingerprint density at radius 1 is 1.45 bits per heavy atom. The maximum atomic E-state index is 11.9. The summed E-state index contributed by atoms with van der Waals surface area (Å²) in [7, 11) is 0. The van der Waals surface area contributed by atoms with E-state index in [9.17, 15) is 9.59 Å². The standard InChI is InChI=1S/C16H26N4O2/c1-12-11-16(22)19-14(18-12)7-8-17-15(21)6-5-13(2)20-9-3-4-10-20/h11,13H,3-10H2,1-2H3,(H,17,21)(H,18,19,22)/t13-/m1/s1. The highest BCUT2D eigenvalue weighted by molar-refractivity contribution is 5.75. The molecule has 1 atom stereocenters. The Morgan fingerprint density at radius 2 is 2.18 bits per heavy atom. The second kappa shape index (κ2) is 8.08. The topological polar surface area (TPSA) is 78.1 Å². The Balaban J connectivity index is 1.66. The fourth-order valence-electron chi connectivity index (χ4n) is 2.87. The first-order chi connectivity index (χ1) is 10.5. The molecule has 1 aliphatic heterocycles. The molecule has 1 aromatic heterocycles. The average Bonchev–Trinajstić information content (AvgIpc) is 2.98. The van der Waals surface area contributed by atoms with Gasteiger partial charge in [0.2, 0.25) is 5.91 Å². The van der Waals surface area contributed by atoms with Crippen LogP contribution in [0.25, 0.3) is 0 Å². The number of likely N-dealkylation sites (tertiary alicyclic amines) is 1. The molecule has 0 unspecified atom stereocenters. The highest BCUT2D eigenvalue weighted by Gasteiger charge is 2.18. The highest BCUT2D eigenvalue weighted by atomic mass is 16.1. The van der Waals surface area contributed by atoms with Crippen molar-refractivity contribution in [3.63, 3.8) is 0 Å². The lowest BCUT2D eigenvalue weighted by Gasteiger charge is -2.23. The van der Waals surface area contributed by atoms with Crippen LogP contribution in [0.2, 0.25) is 0 Å². The number of aromatic nitrogens is 2. The summed E-state index contributed by atoms with van der Waals surface area (Å²) in [6.07, 6.45) is 4.54. The summed E-state index contributed by atoms with van der Waals surface area (Å²) in [4.78, 5) is 32.6. The monoisotopic (exact) mass is 306 g/mol. The lowest BCUT2D eigenvalue weighted by Crippen LogP contribution is -2.32. The van der Waals surface area contributed by atoms with Crippen LogP contribution in [-0.4, -0.2) is 46.5 Å². The van der Waals surface area contributed by atoms with E-state index >= 15 is 0 Å². The molecule has 0 saturated carbocycles. The first-order valence-corrected chi connectivity index (χ1v) is 8.12. The molecule has 1 fully saturated rings. The molecule has 2 N–H and O–H groups in total. The second-order valence-corrected chi connectivity index (χ2v) is 6.06. The van der Waals surface area contributed by atoms with E-state index in [2.05, 4.69) is 27.1 Å². The summed E-state index contributed by atoms with van der Waals surface area (Å²) in [5.41, 5.74) is 0.553. The van der Waals surface area contributed by atoms with Gasteiger partial charge in [-0.05, 0) is 46.2 Å². The van der Waals surface area contributed by atoms with E-state index in [0.29, 0.717) is 36.9 Å². The Hall–Kier alpha value is -1.69. The zero-order valence-corrected chi connectivity index (χ0v) is 13.5. The Labute approximate surface area is 131 Å². The van der Waals surface area contributed by atoms with Gasteiger partial charge in [-0.15, -0.1) is 0 Å². The van der Waals surface area contributed by atoms with Gasteiger partial charge in [0, 0.05) is 37.2 Å². The molecule has 0 radical (unpaired) electrons. The van der Waals surface area contributed by atoms with Crippen LogP contribution in [0.15, 0.2) is 10.9 Å². The number of hydrogen-bond acceptors (Lipinski definition) is 4. The fraction of sp³-hybridized carbons (Fsp3) is 0.688. The number of amides is 1. The zero-order chi connectivity index (χ0) is 15.9. The predicted octanol–water partition coefficient (Wildman–Crippen LogP) is 1.00. The number of carbonyl (C=O) groups excluding carboxylic acids is 1. The molecule has 22 heavy (non-hydrogen) atoms. The molecule has 0 bridgehead atoms. The van der Waals surface area contributed by atoms with E-state index in [1.807, 2.05) is 0 Å². The molecule has 1 saturated heterocycles. The van der Waals surface area contributed by atoms with Gasteiger partial charge in [-0.3, -0.25) is 9.59 Å². The maximum absolute atomic E-state index is 11.9. The van der Waals surface area contributed by atoms with E-state index in [1.165, 1.54) is 18.9 Å². The normalized spacial score (nSPS) is 16.6. The van der Waals surface area contributed by atoms with E-state index in [0.717, 1.165) is 19.5 Å². The van der Waals surface area contributed by atoms with E-state index in [4.69, 9.17) is 0 Å². The van der Waals surface area contributed by atoms with Crippen LogP contribution >= 0.6 is 0 Å². The van der Waals surface area contributed by atoms with Crippen molar-refractivity contribution in [3.8, 4) is 0 Å². The van der Waals surface area contributed by atoms with E-state index in [1.54, 1.807) is 6.92 Å². The minimum atomic E-state index is -0.145. The summed E-state index contributed by atoms with van der Waals surface area (Å²) in [6, 6.07) is 1.94. The number of rotatable bonds is 7. The molecule has 1 aromatic rings. The van der Waals surface area contributed by atoms with Crippen molar-refractivity contribution in [2.24, 2.45) is 0 Å². The van der Waals surface area contributed by atoms with Crippen LogP contribution in [0.1, 0.15) is 44.1 Å². The van der Waals surface area contributed by atoms with Gasteiger partial charge < -0.3 is 15.2 Å². The fourth-order valence-corrected chi connectivity index (χ4v) is 2.87. The van der Waals surface area contributed by atoms with Gasteiger partial charge in [0.05, 0.1) is 0 Å². The number of aryl methyl sites for hydroxylation is 1. The van der Waals surface area contributed by atoms with Crippen LogP contribution in [0.4, 0.5) is 0 Å². The van der Waals surface area contributed by atoms with Crippen LogP contribution in [0.3, 0.4) is 0 Å². The summed E-state index contributed by atoms with van der Waals surface area (Å²) in [5.74, 6) is 0.691. The first-order valence-electron chi connectivity index (χ1n) is 8.12. The number of hydrogen-bond donors (Lipinski definition) is 2. The largest absolute Gasteiger partial charge is 0.356 e. The summed E-state index contributed by atoms with van der Waals surface area (Å²) in [6.45, 7) is 6.81. The van der Waals surface area contributed by atoms with Crippen LogP contribution < -0.4 is 10.9 Å². The number of carbonyl (C=O) groups is 1. The number of nitrogens with one attached hydrogen (secondary N) is 2. The van der Waals surface area contributed by atoms with Crippen molar-refractivity contribution in [3.05, 3.63) is 27.9 Å². The molecule has 0 spiro atoms. The lowest BCUT2D eigenvalue weighted by molar-refractivity contribution is -0.121. The Bertz CT molecular complexity index is 549. The third kappa shape index (κ3) is 5.26. The molecular weight excluding hydrogens is 280 g/mol. The summed E-state index contributed by atoms with van der Waals surface area (Å²) >= 11 is 0. The summed E-state index contributed by atoms with van der Waals surface area (Å²) < 4.78 is 0. The number of nitrogens with zero attached hydrogens (tertiary/aromatic N) is 2. The average molecular weight is 306 g/mol. The lowest BCUT2D eigenvalue weighted by atomic mass is 10.1. The molecule has 1 amide bonds. The number of aromatic amines is 1. The van der Waals surface area contributed by atoms with Gasteiger partial charge in [0.1, 0.15) is 5.82 Å². The van der Waals surface area contributed by atoms with Crippen molar-refractivity contribution in [1.29, 1.82) is 0 Å². The maximum Gasteiger partial charge on any atom is 0.251 e. The van der Waals surface area contributed by atoms with Crippen molar-refractivity contribution in [2.45, 2.75) is 52.0 Å². The van der Waals surface area contributed by atoms with Gasteiger partial charge in [-0.1, -0.05) is 0 Å². The van der Waals surface area contributed by atoms with E-state index < -0.39 is 0 Å². The van der Waals surface area contributed by atoms with Gasteiger partial charge in [-0.2, -0.15) is 0 Å². The molecule has 2 heterocycles. The molecular formula is C16H26N4O2. The molecule has 2 rings (SSSR count). The highest BCUT2D eigenvalue weighted by Crippen LogP contribution is 2.14. The minimum Gasteiger partial charge on any atom is -0.356 e. The third-order valence-corrected chi connectivity index (χ3v) is 4.16. The molecule has 6 nitrogen and oxygen atoms in total. The van der Waals surface area contributed by atoms with Crippen molar-refractivity contribution in [1.82, 2.24) is 20.2 Å². The van der Waals surface area contributed by atoms with Crippen molar-refractivity contribution in [2.75, 3.05) is 19.6 Å². The molecule has 122 valence electrons. The van der Waals surface area contributed by atoms with Crippen molar-refractivity contribution >= 4 is 5.91 Å². The molecule has 0 aromatic carbocycles. The van der Waals surface area contributed by atoms with Crippen LogP contribution in [0, 0.1) is 6.92 Å². The quantitative estimate of drug-likeness (QED) is 0.788. The van der Waals surface area contributed by atoms with Crippen molar-refractivity contribution < 1.29 is 4.79 Å². The van der Waals surface area contributed by atoms with E-state index in [-0.39, 0.29) is 11.5 Å². The zero-order valence-electron chi connectivity index (χ0n) is 13.5. The predicted molar refractivity (Wildman–Crippen MR) is 85.8 cm³/mol. The van der Waals surface area contributed by atoms with Crippen LogP contribution in [-0.2, 0) is 11.2 Å². The van der Waals surface area contributed by atoms with Crippen LogP contribution in [0.5, 0.6) is 0 Å². The first kappa shape index (κ1) is 16.7. The minimum absolute atomic E-state index is 0.0704. The molecule has 0 aliphatic carbocycles. The van der Waals surface area contributed by atoms with Gasteiger partial charge in [-0.25, -0.2) is 4.98 Å². The van der Waals surface area contributed by atoms with Gasteiger partial charge in [0.15, 0.2) is 0 Å². The van der Waals surface area contributed by atoms with Gasteiger partial charge in [0.25, 0.3) is 5.56 Å². The third-order valence-electron chi connectivity index (χ3n) is 4.16. The summed E-state index contributed by atoms with van der Waals surface area (Å²) in [5, 5.41) is 2.90. The smallest absolute Gasteiger partial charge is 0.251 e. The Morgan fingerprint density at radius 3 is 2.86 bits per heavy atom. The molecule has 6 heteroatoms. The Kier molecular flexibility index (Phi) is 6.12.